The first-order chi connectivity index (χ1) is 12.5. The summed E-state index contributed by atoms with van der Waals surface area (Å²) in [6, 6.07) is 12.0. The molecule has 2 amide bonds. The standard InChI is InChI=1S/C20H20N4O2/c1-4-14-5-7-15(8-6-14)23-19(25)17-18(20(23)26)24(22-21-17)16-10-12(2)9-13(3)11-16/h5-11,17-18H,4H2,1-3H3/t17-,18-/m0/s1. The number of hydrogen-bond acceptors (Lipinski definition) is 5. The Bertz CT molecular complexity index is 900. The van der Waals surface area contributed by atoms with Gasteiger partial charge in [0, 0.05) is 0 Å². The van der Waals surface area contributed by atoms with E-state index in [1.807, 2.05) is 50.2 Å². The summed E-state index contributed by atoms with van der Waals surface area (Å²) in [5.74, 6) is -0.603. The lowest BCUT2D eigenvalue weighted by Crippen LogP contribution is -2.40. The molecular weight excluding hydrogens is 328 g/mol. The van der Waals surface area contributed by atoms with Crippen molar-refractivity contribution < 1.29 is 9.59 Å². The van der Waals surface area contributed by atoms with Gasteiger partial charge < -0.3 is 0 Å². The van der Waals surface area contributed by atoms with Crippen LogP contribution in [-0.2, 0) is 16.0 Å². The predicted molar refractivity (Wildman–Crippen MR) is 99.1 cm³/mol. The molecule has 2 aliphatic rings. The number of amides is 2. The molecule has 1 saturated heterocycles. The third kappa shape index (κ3) is 2.49. The lowest BCUT2D eigenvalue weighted by molar-refractivity contribution is -0.121. The molecule has 2 aliphatic heterocycles. The number of carbonyl (C=O) groups is 2. The molecule has 2 aromatic carbocycles. The number of aryl methyl sites for hydroxylation is 3. The minimum atomic E-state index is -0.783. The van der Waals surface area contributed by atoms with Gasteiger partial charge in [-0.3, -0.25) is 9.59 Å². The van der Waals surface area contributed by atoms with Gasteiger partial charge in [0.05, 0.1) is 11.4 Å². The van der Waals surface area contributed by atoms with Gasteiger partial charge in [-0.25, -0.2) is 9.91 Å². The Kier molecular flexibility index (Phi) is 3.83. The van der Waals surface area contributed by atoms with Crippen molar-refractivity contribution in [2.75, 3.05) is 9.91 Å². The largest absolute Gasteiger partial charge is 0.271 e. The quantitative estimate of drug-likeness (QED) is 0.799. The van der Waals surface area contributed by atoms with Crippen molar-refractivity contribution in [3.05, 3.63) is 59.2 Å². The number of benzene rings is 2. The number of nitrogens with zero attached hydrogens (tertiary/aromatic N) is 4. The molecule has 0 N–H and O–H groups in total. The van der Waals surface area contributed by atoms with Crippen LogP contribution < -0.4 is 9.91 Å². The Hall–Kier alpha value is -3.02. The zero-order valence-corrected chi connectivity index (χ0v) is 15.0. The summed E-state index contributed by atoms with van der Waals surface area (Å²) in [5, 5.41) is 9.79. The molecule has 0 aromatic heterocycles. The predicted octanol–water partition coefficient (Wildman–Crippen LogP) is 3.36. The lowest BCUT2D eigenvalue weighted by Gasteiger charge is -2.21. The minimum Gasteiger partial charge on any atom is -0.271 e. The van der Waals surface area contributed by atoms with Gasteiger partial charge in [-0.15, -0.1) is 0 Å². The van der Waals surface area contributed by atoms with Crippen LogP contribution in [0.5, 0.6) is 0 Å². The average molecular weight is 348 g/mol. The SMILES string of the molecule is CCc1ccc(N2C(=O)[C@H]3N=NN(c4cc(C)cc(C)c4)[C@@H]3C2=O)cc1. The van der Waals surface area contributed by atoms with E-state index in [9.17, 15) is 9.59 Å². The number of anilines is 2. The Morgan fingerprint density at radius 1 is 0.923 bits per heavy atom. The van der Waals surface area contributed by atoms with Crippen LogP contribution in [0.4, 0.5) is 11.4 Å². The molecule has 0 unspecified atom stereocenters. The smallest absolute Gasteiger partial charge is 0.263 e. The van der Waals surface area contributed by atoms with Crippen LogP contribution in [0.2, 0.25) is 0 Å². The Balaban J connectivity index is 1.68. The molecule has 0 saturated carbocycles. The van der Waals surface area contributed by atoms with E-state index >= 15 is 0 Å². The van der Waals surface area contributed by atoms with Crippen molar-refractivity contribution >= 4 is 23.2 Å². The zero-order valence-electron chi connectivity index (χ0n) is 15.0. The fourth-order valence-electron chi connectivity index (χ4n) is 3.59. The Morgan fingerprint density at radius 3 is 2.19 bits per heavy atom. The fourth-order valence-corrected chi connectivity index (χ4v) is 3.59. The maximum Gasteiger partial charge on any atom is 0.263 e. The van der Waals surface area contributed by atoms with E-state index in [2.05, 4.69) is 23.3 Å². The van der Waals surface area contributed by atoms with Crippen molar-refractivity contribution in [1.29, 1.82) is 0 Å². The summed E-state index contributed by atoms with van der Waals surface area (Å²) in [7, 11) is 0. The fraction of sp³-hybridized carbons (Fsp3) is 0.300. The summed E-state index contributed by atoms with van der Waals surface area (Å²) in [5.41, 5.74) is 4.67. The van der Waals surface area contributed by atoms with Crippen LogP contribution in [-0.4, -0.2) is 23.9 Å². The van der Waals surface area contributed by atoms with E-state index in [-0.39, 0.29) is 11.8 Å². The van der Waals surface area contributed by atoms with Gasteiger partial charge in [0.25, 0.3) is 11.8 Å². The molecule has 26 heavy (non-hydrogen) atoms. The molecular formula is C20H20N4O2. The van der Waals surface area contributed by atoms with Crippen molar-refractivity contribution in [3.8, 4) is 0 Å². The van der Waals surface area contributed by atoms with Crippen molar-refractivity contribution in [1.82, 2.24) is 0 Å². The molecule has 0 aliphatic carbocycles. The highest BCUT2D eigenvalue weighted by Crippen LogP contribution is 2.35. The maximum atomic E-state index is 13.0. The van der Waals surface area contributed by atoms with E-state index in [1.54, 1.807) is 5.01 Å². The highest BCUT2D eigenvalue weighted by atomic mass is 16.2. The normalized spacial score (nSPS) is 21.7. The van der Waals surface area contributed by atoms with Crippen LogP contribution in [0.25, 0.3) is 0 Å². The van der Waals surface area contributed by atoms with E-state index < -0.39 is 12.1 Å². The number of fused-ring (bicyclic) bond motifs is 1. The van der Waals surface area contributed by atoms with E-state index in [4.69, 9.17) is 0 Å². The molecule has 6 nitrogen and oxygen atoms in total. The van der Waals surface area contributed by atoms with Gasteiger partial charge in [-0.1, -0.05) is 30.3 Å². The van der Waals surface area contributed by atoms with E-state index in [0.717, 1.165) is 28.8 Å². The first-order valence-corrected chi connectivity index (χ1v) is 8.74. The molecule has 0 spiro atoms. The van der Waals surface area contributed by atoms with Crippen LogP contribution in [0.3, 0.4) is 0 Å². The Labute approximate surface area is 152 Å². The zero-order chi connectivity index (χ0) is 18.4. The summed E-state index contributed by atoms with van der Waals surface area (Å²) in [4.78, 5) is 27.1. The molecule has 0 bridgehead atoms. The van der Waals surface area contributed by atoms with Crippen molar-refractivity contribution in [3.63, 3.8) is 0 Å². The van der Waals surface area contributed by atoms with Crippen LogP contribution in [0.15, 0.2) is 52.8 Å². The molecule has 4 rings (SSSR count). The monoisotopic (exact) mass is 348 g/mol. The lowest BCUT2D eigenvalue weighted by atomic mass is 10.1. The molecule has 132 valence electrons. The first-order valence-electron chi connectivity index (χ1n) is 8.74. The van der Waals surface area contributed by atoms with Crippen molar-refractivity contribution in [2.24, 2.45) is 10.3 Å². The second kappa shape index (κ2) is 6.05. The third-order valence-corrected chi connectivity index (χ3v) is 4.86. The summed E-state index contributed by atoms with van der Waals surface area (Å²) in [6.07, 6.45) is 0.905. The molecule has 2 heterocycles. The second-order valence-electron chi connectivity index (χ2n) is 6.82. The maximum absolute atomic E-state index is 13.0. The third-order valence-electron chi connectivity index (χ3n) is 4.86. The highest BCUT2D eigenvalue weighted by molar-refractivity contribution is 6.26. The minimum absolute atomic E-state index is 0.284. The topological polar surface area (TPSA) is 65.3 Å². The average Bonchev–Trinajstić information content (AvgIpc) is 3.15. The summed E-state index contributed by atoms with van der Waals surface area (Å²) < 4.78 is 0. The highest BCUT2D eigenvalue weighted by Gasteiger charge is 2.55. The number of rotatable bonds is 3. The summed E-state index contributed by atoms with van der Waals surface area (Å²) in [6.45, 7) is 6.04. The van der Waals surface area contributed by atoms with Gasteiger partial charge in [0.1, 0.15) is 0 Å². The van der Waals surface area contributed by atoms with Gasteiger partial charge in [0.15, 0.2) is 12.1 Å². The summed E-state index contributed by atoms with van der Waals surface area (Å²) >= 11 is 0. The van der Waals surface area contributed by atoms with E-state index in [1.165, 1.54) is 4.90 Å². The molecule has 1 fully saturated rings. The molecule has 0 radical (unpaired) electrons. The first kappa shape index (κ1) is 16.4. The molecule has 2 atom stereocenters. The van der Waals surface area contributed by atoms with Gasteiger partial charge in [-0.05, 0) is 61.2 Å². The number of hydrogen-bond donors (Lipinski definition) is 0. The van der Waals surface area contributed by atoms with Gasteiger partial charge >= 0.3 is 0 Å². The van der Waals surface area contributed by atoms with Crippen LogP contribution in [0, 0.1) is 13.8 Å². The van der Waals surface area contributed by atoms with Crippen LogP contribution in [0.1, 0.15) is 23.6 Å². The Morgan fingerprint density at radius 2 is 1.58 bits per heavy atom. The van der Waals surface area contributed by atoms with Crippen molar-refractivity contribution in [2.45, 2.75) is 39.3 Å². The molecule has 2 aromatic rings. The van der Waals surface area contributed by atoms with Gasteiger partial charge in [-0.2, -0.15) is 5.11 Å². The van der Waals surface area contributed by atoms with Gasteiger partial charge in [0.2, 0.25) is 0 Å². The van der Waals surface area contributed by atoms with E-state index in [0.29, 0.717) is 5.69 Å². The van der Waals surface area contributed by atoms with Crippen LogP contribution >= 0.6 is 0 Å². The number of imide groups is 1. The number of carbonyl (C=O) groups excluding carboxylic acids is 2. The second-order valence-corrected chi connectivity index (χ2v) is 6.82. The molecule has 6 heteroatoms.